The summed E-state index contributed by atoms with van der Waals surface area (Å²) in [5.41, 5.74) is 6.30. The monoisotopic (exact) mass is 371 g/mol. The van der Waals surface area contributed by atoms with Crippen LogP contribution >= 0.6 is 27.3 Å². The standard InChI is InChI=1S/C14H15BrFN3OS/c1-19(7-9-6-10(15)2-3-11(9)16)14(20)12-8-21-13(18-12)4-5-17/h2-3,6,8H,4-5,7,17H2,1H3. The van der Waals surface area contributed by atoms with Gasteiger partial charge in [-0.25, -0.2) is 9.37 Å². The minimum Gasteiger partial charge on any atom is -0.336 e. The number of carbonyl (C=O) groups is 1. The molecular formula is C14H15BrFN3OS. The van der Waals surface area contributed by atoms with Crippen molar-refractivity contribution in [3.63, 3.8) is 0 Å². The third-order valence-corrected chi connectivity index (χ3v) is 4.29. The van der Waals surface area contributed by atoms with Crippen molar-refractivity contribution < 1.29 is 9.18 Å². The number of nitrogens with two attached hydrogens (primary N) is 1. The van der Waals surface area contributed by atoms with Crippen molar-refractivity contribution in [3.8, 4) is 0 Å². The van der Waals surface area contributed by atoms with Crippen molar-refractivity contribution in [2.24, 2.45) is 5.73 Å². The van der Waals surface area contributed by atoms with Crippen LogP contribution < -0.4 is 5.73 Å². The summed E-state index contributed by atoms with van der Waals surface area (Å²) < 4.78 is 14.5. The van der Waals surface area contributed by atoms with E-state index < -0.39 is 0 Å². The second-order valence-electron chi connectivity index (χ2n) is 4.56. The number of benzene rings is 1. The molecule has 1 heterocycles. The van der Waals surface area contributed by atoms with E-state index in [9.17, 15) is 9.18 Å². The van der Waals surface area contributed by atoms with Crippen LogP contribution in [0.2, 0.25) is 0 Å². The van der Waals surface area contributed by atoms with E-state index in [1.807, 2.05) is 0 Å². The molecule has 0 atom stereocenters. The third-order valence-electron chi connectivity index (χ3n) is 2.89. The smallest absolute Gasteiger partial charge is 0.273 e. The predicted molar refractivity (Wildman–Crippen MR) is 84.8 cm³/mol. The van der Waals surface area contributed by atoms with Crippen LogP contribution in [0.25, 0.3) is 0 Å². The molecule has 0 radical (unpaired) electrons. The van der Waals surface area contributed by atoms with Gasteiger partial charge in [0.05, 0.1) is 5.01 Å². The van der Waals surface area contributed by atoms with Crippen LogP contribution in [0, 0.1) is 5.82 Å². The van der Waals surface area contributed by atoms with Crippen molar-refractivity contribution in [3.05, 3.63) is 50.1 Å². The van der Waals surface area contributed by atoms with Gasteiger partial charge in [-0.3, -0.25) is 4.79 Å². The summed E-state index contributed by atoms with van der Waals surface area (Å²) in [7, 11) is 1.63. The van der Waals surface area contributed by atoms with Crippen LogP contribution in [0.1, 0.15) is 21.1 Å². The molecule has 1 aromatic carbocycles. The second-order valence-corrected chi connectivity index (χ2v) is 6.42. The number of amides is 1. The SMILES string of the molecule is CN(Cc1cc(Br)ccc1F)C(=O)c1csc(CCN)n1. The van der Waals surface area contributed by atoms with Crippen molar-refractivity contribution in [1.82, 2.24) is 9.88 Å². The minimum atomic E-state index is -0.333. The van der Waals surface area contributed by atoms with Gasteiger partial charge in [0.25, 0.3) is 5.91 Å². The first-order valence-corrected chi connectivity index (χ1v) is 8.02. The van der Waals surface area contributed by atoms with Gasteiger partial charge >= 0.3 is 0 Å². The molecule has 0 saturated carbocycles. The highest BCUT2D eigenvalue weighted by Gasteiger charge is 2.17. The normalized spacial score (nSPS) is 10.7. The van der Waals surface area contributed by atoms with E-state index >= 15 is 0 Å². The van der Waals surface area contributed by atoms with Gasteiger partial charge < -0.3 is 10.6 Å². The number of rotatable bonds is 5. The Morgan fingerprint density at radius 2 is 2.29 bits per heavy atom. The fourth-order valence-electron chi connectivity index (χ4n) is 1.83. The first-order chi connectivity index (χ1) is 10.0. The number of halogens is 2. The Hall–Kier alpha value is -1.31. The third kappa shape index (κ3) is 4.09. The van der Waals surface area contributed by atoms with E-state index in [0.717, 1.165) is 9.48 Å². The lowest BCUT2D eigenvalue weighted by Gasteiger charge is -2.16. The molecule has 1 amide bonds. The van der Waals surface area contributed by atoms with Crippen LogP contribution in [-0.2, 0) is 13.0 Å². The molecule has 0 aliphatic heterocycles. The fourth-order valence-corrected chi connectivity index (χ4v) is 3.03. The maximum atomic E-state index is 13.7. The van der Waals surface area contributed by atoms with E-state index in [4.69, 9.17) is 5.73 Å². The molecule has 0 spiro atoms. The van der Waals surface area contributed by atoms with Crippen molar-refractivity contribution >= 4 is 33.2 Å². The molecule has 0 bridgehead atoms. The molecule has 0 aliphatic carbocycles. The van der Waals surface area contributed by atoms with Gasteiger partial charge in [-0.05, 0) is 24.7 Å². The highest BCUT2D eigenvalue weighted by molar-refractivity contribution is 9.10. The zero-order valence-electron chi connectivity index (χ0n) is 11.5. The molecule has 2 N–H and O–H groups in total. The summed E-state index contributed by atoms with van der Waals surface area (Å²) in [6.07, 6.45) is 0.655. The van der Waals surface area contributed by atoms with E-state index in [0.29, 0.717) is 24.2 Å². The summed E-state index contributed by atoms with van der Waals surface area (Å²) in [5.74, 6) is -0.561. The Kier molecular flexibility index (Phi) is 5.44. The first-order valence-electron chi connectivity index (χ1n) is 6.35. The van der Waals surface area contributed by atoms with E-state index in [2.05, 4.69) is 20.9 Å². The average molecular weight is 372 g/mol. The van der Waals surface area contributed by atoms with Gasteiger partial charge in [0.1, 0.15) is 11.5 Å². The minimum absolute atomic E-state index is 0.188. The number of nitrogens with zero attached hydrogens (tertiary/aromatic N) is 2. The Morgan fingerprint density at radius 3 is 3.00 bits per heavy atom. The lowest BCUT2D eigenvalue weighted by atomic mass is 10.2. The van der Waals surface area contributed by atoms with Gasteiger partial charge in [0, 0.05) is 35.4 Å². The lowest BCUT2D eigenvalue weighted by Crippen LogP contribution is -2.27. The number of hydrogen-bond acceptors (Lipinski definition) is 4. The Balaban J connectivity index is 2.09. The van der Waals surface area contributed by atoms with E-state index in [-0.39, 0.29) is 18.3 Å². The first kappa shape index (κ1) is 16.1. The van der Waals surface area contributed by atoms with Gasteiger partial charge in [0.15, 0.2) is 0 Å². The summed E-state index contributed by atoms with van der Waals surface area (Å²) in [5, 5.41) is 2.55. The zero-order chi connectivity index (χ0) is 15.4. The summed E-state index contributed by atoms with van der Waals surface area (Å²) in [6.45, 7) is 0.689. The molecule has 7 heteroatoms. The van der Waals surface area contributed by atoms with E-state index in [1.165, 1.54) is 22.3 Å². The van der Waals surface area contributed by atoms with Gasteiger partial charge in [0.2, 0.25) is 0 Å². The van der Waals surface area contributed by atoms with Crippen molar-refractivity contribution in [2.75, 3.05) is 13.6 Å². The zero-order valence-corrected chi connectivity index (χ0v) is 13.9. The van der Waals surface area contributed by atoms with E-state index in [1.54, 1.807) is 24.6 Å². The van der Waals surface area contributed by atoms with Crippen LogP contribution in [-0.4, -0.2) is 29.4 Å². The molecule has 2 aromatic rings. The number of hydrogen-bond donors (Lipinski definition) is 1. The van der Waals surface area contributed by atoms with Gasteiger partial charge in [-0.1, -0.05) is 15.9 Å². The number of aromatic nitrogens is 1. The summed E-state index contributed by atoms with van der Waals surface area (Å²) in [4.78, 5) is 18.0. The van der Waals surface area contributed by atoms with Crippen molar-refractivity contribution in [1.29, 1.82) is 0 Å². The highest BCUT2D eigenvalue weighted by atomic mass is 79.9. The maximum absolute atomic E-state index is 13.7. The fraction of sp³-hybridized carbons (Fsp3) is 0.286. The van der Waals surface area contributed by atoms with Crippen molar-refractivity contribution in [2.45, 2.75) is 13.0 Å². The average Bonchev–Trinajstić information content (AvgIpc) is 2.91. The Labute approximate surface area is 134 Å². The molecular weight excluding hydrogens is 357 g/mol. The quantitative estimate of drug-likeness (QED) is 0.878. The Morgan fingerprint density at radius 1 is 1.52 bits per heavy atom. The molecule has 0 unspecified atom stereocenters. The topological polar surface area (TPSA) is 59.2 Å². The van der Waals surface area contributed by atoms with Gasteiger partial charge in [-0.2, -0.15) is 0 Å². The molecule has 1 aromatic heterocycles. The second kappa shape index (κ2) is 7.11. The van der Waals surface area contributed by atoms with Gasteiger partial charge in [-0.15, -0.1) is 11.3 Å². The molecule has 21 heavy (non-hydrogen) atoms. The highest BCUT2D eigenvalue weighted by Crippen LogP contribution is 2.18. The largest absolute Gasteiger partial charge is 0.336 e. The molecule has 0 fully saturated rings. The Bertz CT molecular complexity index is 647. The molecule has 0 aliphatic rings. The number of thiazole rings is 1. The molecule has 2 rings (SSSR count). The summed E-state index contributed by atoms with van der Waals surface area (Å²) in [6, 6.07) is 4.67. The lowest BCUT2D eigenvalue weighted by molar-refractivity contribution is 0.0778. The van der Waals surface area contributed by atoms with Crippen LogP contribution in [0.4, 0.5) is 4.39 Å². The maximum Gasteiger partial charge on any atom is 0.273 e. The van der Waals surface area contributed by atoms with Crippen LogP contribution in [0.15, 0.2) is 28.1 Å². The van der Waals surface area contributed by atoms with Crippen LogP contribution in [0.5, 0.6) is 0 Å². The number of carbonyl (C=O) groups excluding carboxylic acids is 1. The summed E-state index contributed by atoms with van der Waals surface area (Å²) >= 11 is 4.71. The predicted octanol–water partition coefficient (Wildman–Crippen LogP) is 2.82. The molecule has 4 nitrogen and oxygen atoms in total. The molecule has 0 saturated heterocycles. The van der Waals surface area contributed by atoms with Crippen LogP contribution in [0.3, 0.4) is 0 Å². The molecule has 112 valence electrons.